The van der Waals surface area contributed by atoms with Gasteiger partial charge in [0.1, 0.15) is 5.82 Å². The van der Waals surface area contributed by atoms with E-state index in [9.17, 15) is 4.39 Å². The summed E-state index contributed by atoms with van der Waals surface area (Å²) in [6, 6.07) is 5.62. The van der Waals surface area contributed by atoms with E-state index in [2.05, 4.69) is 33.2 Å². The molecular weight excluding hydrogens is 331 g/mol. The maximum Gasteiger partial charge on any atom is 0.123 e. The zero-order chi connectivity index (χ0) is 15.1. The lowest BCUT2D eigenvalue weighted by atomic mass is 9.94. The van der Waals surface area contributed by atoms with Crippen molar-refractivity contribution in [1.29, 1.82) is 0 Å². The topological polar surface area (TPSA) is 15.3 Å². The molecule has 0 atom stereocenters. The van der Waals surface area contributed by atoms with E-state index >= 15 is 0 Å². The summed E-state index contributed by atoms with van der Waals surface area (Å²) in [5, 5.41) is 3.40. The van der Waals surface area contributed by atoms with Crippen LogP contribution >= 0.6 is 15.9 Å². The van der Waals surface area contributed by atoms with Crippen LogP contribution in [0.1, 0.15) is 44.1 Å². The minimum Gasteiger partial charge on any atom is -0.313 e. The Hall–Kier alpha value is -0.450. The summed E-state index contributed by atoms with van der Waals surface area (Å²) in [7, 11) is 2.25. The minimum atomic E-state index is -0.174. The van der Waals surface area contributed by atoms with Gasteiger partial charge in [0.05, 0.1) is 0 Å². The number of hydrogen-bond acceptors (Lipinski definition) is 2. The molecule has 1 aromatic rings. The van der Waals surface area contributed by atoms with Crippen LogP contribution in [0.25, 0.3) is 0 Å². The molecule has 4 heteroatoms. The maximum absolute atomic E-state index is 13.2. The second-order valence-electron chi connectivity index (χ2n) is 6.04. The highest BCUT2D eigenvalue weighted by Crippen LogP contribution is 2.21. The first-order valence-corrected chi connectivity index (χ1v) is 8.81. The van der Waals surface area contributed by atoms with E-state index in [1.165, 1.54) is 38.2 Å². The molecule has 0 spiro atoms. The zero-order valence-electron chi connectivity index (χ0n) is 12.9. The van der Waals surface area contributed by atoms with E-state index in [0.717, 1.165) is 35.6 Å². The van der Waals surface area contributed by atoms with E-state index in [1.54, 1.807) is 12.1 Å². The fourth-order valence-electron chi connectivity index (χ4n) is 3.06. The van der Waals surface area contributed by atoms with Crippen molar-refractivity contribution in [2.75, 3.05) is 20.1 Å². The van der Waals surface area contributed by atoms with Gasteiger partial charge in [0.15, 0.2) is 0 Å². The molecular formula is C17H26BrFN2. The Morgan fingerprint density at radius 2 is 2.05 bits per heavy atom. The number of rotatable bonds is 7. The third-order valence-corrected chi connectivity index (χ3v) is 5.16. The van der Waals surface area contributed by atoms with E-state index in [4.69, 9.17) is 0 Å². The Labute approximate surface area is 136 Å². The van der Waals surface area contributed by atoms with Crippen LogP contribution in [0.2, 0.25) is 0 Å². The van der Waals surface area contributed by atoms with Crippen molar-refractivity contribution in [1.82, 2.24) is 10.2 Å². The molecule has 0 amide bonds. The molecule has 21 heavy (non-hydrogen) atoms. The fourth-order valence-corrected chi connectivity index (χ4v) is 3.45. The predicted molar refractivity (Wildman–Crippen MR) is 89.9 cm³/mol. The predicted octanol–water partition coefficient (Wildman–Crippen LogP) is 4.33. The van der Waals surface area contributed by atoms with Gasteiger partial charge >= 0.3 is 0 Å². The summed E-state index contributed by atoms with van der Waals surface area (Å²) >= 11 is 3.46. The molecule has 1 saturated carbocycles. The van der Waals surface area contributed by atoms with Gasteiger partial charge < -0.3 is 10.2 Å². The molecule has 1 fully saturated rings. The Bertz CT molecular complexity index is 433. The van der Waals surface area contributed by atoms with Crippen molar-refractivity contribution in [3.63, 3.8) is 0 Å². The molecule has 0 bridgehead atoms. The summed E-state index contributed by atoms with van der Waals surface area (Å²) in [5.74, 6) is -0.174. The molecule has 0 saturated heterocycles. The van der Waals surface area contributed by atoms with Crippen molar-refractivity contribution in [3.05, 3.63) is 34.1 Å². The zero-order valence-corrected chi connectivity index (χ0v) is 14.5. The third-order valence-electron chi connectivity index (χ3n) is 4.39. The minimum absolute atomic E-state index is 0.174. The van der Waals surface area contributed by atoms with Crippen LogP contribution in [-0.2, 0) is 6.54 Å². The largest absolute Gasteiger partial charge is 0.313 e. The van der Waals surface area contributed by atoms with Gasteiger partial charge in [0.2, 0.25) is 0 Å². The molecule has 2 rings (SSSR count). The van der Waals surface area contributed by atoms with Gasteiger partial charge in [-0.1, -0.05) is 35.2 Å². The molecule has 0 heterocycles. The maximum atomic E-state index is 13.2. The number of nitrogens with zero attached hydrogens (tertiary/aromatic N) is 1. The van der Waals surface area contributed by atoms with Gasteiger partial charge in [0.25, 0.3) is 0 Å². The van der Waals surface area contributed by atoms with Gasteiger partial charge in [-0.15, -0.1) is 0 Å². The summed E-state index contributed by atoms with van der Waals surface area (Å²) < 4.78 is 14.1. The Balaban J connectivity index is 1.62. The van der Waals surface area contributed by atoms with Crippen molar-refractivity contribution in [2.24, 2.45) is 0 Å². The molecule has 1 aliphatic carbocycles. The van der Waals surface area contributed by atoms with Crippen molar-refractivity contribution >= 4 is 15.9 Å². The van der Waals surface area contributed by atoms with Crippen LogP contribution in [0, 0.1) is 5.82 Å². The summed E-state index contributed by atoms with van der Waals surface area (Å²) in [6.07, 6.45) is 8.05. The monoisotopic (exact) mass is 356 g/mol. The Morgan fingerprint density at radius 1 is 1.29 bits per heavy atom. The normalized spacial score (nSPS) is 16.6. The van der Waals surface area contributed by atoms with Gasteiger partial charge in [-0.25, -0.2) is 4.39 Å². The molecule has 0 radical (unpaired) electrons. The molecule has 0 aromatic heterocycles. The molecule has 1 aliphatic rings. The first-order valence-electron chi connectivity index (χ1n) is 8.01. The smallest absolute Gasteiger partial charge is 0.123 e. The first kappa shape index (κ1) is 16.9. The molecule has 1 N–H and O–H groups in total. The Morgan fingerprint density at radius 3 is 2.81 bits per heavy atom. The summed E-state index contributed by atoms with van der Waals surface area (Å²) in [5.41, 5.74) is 0.982. The lowest BCUT2D eigenvalue weighted by Gasteiger charge is -2.31. The van der Waals surface area contributed by atoms with Crippen molar-refractivity contribution < 1.29 is 4.39 Å². The highest BCUT2D eigenvalue weighted by atomic mass is 79.9. The van der Waals surface area contributed by atoms with E-state index in [1.807, 2.05) is 0 Å². The highest BCUT2D eigenvalue weighted by molar-refractivity contribution is 9.10. The van der Waals surface area contributed by atoms with Crippen LogP contribution in [-0.4, -0.2) is 31.1 Å². The van der Waals surface area contributed by atoms with Crippen molar-refractivity contribution in [3.8, 4) is 0 Å². The van der Waals surface area contributed by atoms with E-state index < -0.39 is 0 Å². The highest BCUT2D eigenvalue weighted by Gasteiger charge is 2.17. The van der Waals surface area contributed by atoms with Crippen molar-refractivity contribution in [2.45, 2.75) is 51.1 Å². The number of hydrogen-bond donors (Lipinski definition) is 1. The van der Waals surface area contributed by atoms with Gasteiger partial charge in [-0.2, -0.15) is 0 Å². The second kappa shape index (κ2) is 8.86. The Kier molecular flexibility index (Phi) is 7.14. The molecule has 118 valence electrons. The molecule has 0 unspecified atom stereocenters. The van der Waals surface area contributed by atoms with Crippen LogP contribution in [0.5, 0.6) is 0 Å². The average Bonchev–Trinajstić information content (AvgIpc) is 2.51. The SMILES string of the molecule is CN(CCCNCc1cc(F)ccc1Br)C1CCCCC1. The summed E-state index contributed by atoms with van der Waals surface area (Å²) in [6.45, 7) is 2.83. The number of benzene rings is 1. The first-order chi connectivity index (χ1) is 10.2. The van der Waals surface area contributed by atoms with Crippen LogP contribution in [0.15, 0.2) is 22.7 Å². The van der Waals surface area contributed by atoms with Crippen LogP contribution in [0.3, 0.4) is 0 Å². The average molecular weight is 357 g/mol. The van der Waals surface area contributed by atoms with Gasteiger partial charge in [-0.05, 0) is 63.2 Å². The number of halogens is 2. The lowest BCUT2D eigenvalue weighted by molar-refractivity contribution is 0.189. The van der Waals surface area contributed by atoms with Crippen LogP contribution in [0.4, 0.5) is 4.39 Å². The van der Waals surface area contributed by atoms with Crippen LogP contribution < -0.4 is 5.32 Å². The standard InChI is InChI=1S/C17H26BrFN2/c1-21(16-6-3-2-4-7-16)11-5-10-20-13-14-12-15(19)8-9-17(14)18/h8-9,12,16,20H,2-7,10-11,13H2,1H3. The number of nitrogens with one attached hydrogen (secondary N) is 1. The molecule has 1 aromatic carbocycles. The molecule has 2 nitrogen and oxygen atoms in total. The third kappa shape index (κ3) is 5.68. The summed E-state index contributed by atoms with van der Waals surface area (Å²) in [4.78, 5) is 2.51. The quantitative estimate of drug-likeness (QED) is 0.731. The van der Waals surface area contributed by atoms with E-state index in [-0.39, 0.29) is 5.82 Å². The molecule has 0 aliphatic heterocycles. The van der Waals surface area contributed by atoms with E-state index in [0.29, 0.717) is 6.54 Å². The van der Waals surface area contributed by atoms with Gasteiger partial charge in [0, 0.05) is 17.1 Å². The second-order valence-corrected chi connectivity index (χ2v) is 6.89. The lowest BCUT2D eigenvalue weighted by Crippen LogP contribution is -2.35. The fraction of sp³-hybridized carbons (Fsp3) is 0.647. The van der Waals surface area contributed by atoms with Gasteiger partial charge in [-0.3, -0.25) is 0 Å².